The Labute approximate surface area is 157 Å². The SMILES string of the molecule is CCN1CCC[C@H]1CN(Cc1nccs1)C(=O)c1ccc2c(c1)OCO2. The summed E-state index contributed by atoms with van der Waals surface area (Å²) in [5.74, 6) is 1.35. The van der Waals surface area contributed by atoms with Gasteiger partial charge in [-0.2, -0.15) is 0 Å². The third kappa shape index (κ3) is 3.54. The van der Waals surface area contributed by atoms with Gasteiger partial charge in [0, 0.05) is 29.7 Å². The molecule has 0 spiro atoms. The maximum Gasteiger partial charge on any atom is 0.254 e. The predicted octanol–water partition coefficient (Wildman–Crippen LogP) is 3.00. The van der Waals surface area contributed by atoms with Crippen molar-refractivity contribution in [2.75, 3.05) is 26.4 Å². The predicted molar refractivity (Wildman–Crippen MR) is 99.7 cm³/mol. The molecule has 1 amide bonds. The third-order valence-corrected chi connectivity index (χ3v) is 5.82. The number of ether oxygens (including phenoxy) is 2. The molecule has 1 aromatic heterocycles. The summed E-state index contributed by atoms with van der Waals surface area (Å²) in [5.41, 5.74) is 0.631. The molecule has 1 aromatic carbocycles. The van der Waals surface area contributed by atoms with Crippen molar-refractivity contribution in [1.29, 1.82) is 0 Å². The van der Waals surface area contributed by atoms with E-state index in [0.717, 1.165) is 31.1 Å². The molecular formula is C19H23N3O3S. The highest BCUT2D eigenvalue weighted by Crippen LogP contribution is 2.33. The van der Waals surface area contributed by atoms with Crippen LogP contribution in [0.3, 0.4) is 0 Å². The van der Waals surface area contributed by atoms with Gasteiger partial charge < -0.3 is 14.4 Å². The van der Waals surface area contributed by atoms with Gasteiger partial charge in [-0.1, -0.05) is 6.92 Å². The first-order valence-electron chi connectivity index (χ1n) is 9.06. The van der Waals surface area contributed by atoms with Crippen LogP contribution in [0.5, 0.6) is 11.5 Å². The minimum Gasteiger partial charge on any atom is -0.454 e. The lowest BCUT2D eigenvalue weighted by atomic mass is 10.1. The van der Waals surface area contributed by atoms with E-state index in [1.807, 2.05) is 22.4 Å². The Balaban J connectivity index is 1.56. The molecule has 0 N–H and O–H groups in total. The van der Waals surface area contributed by atoms with E-state index in [1.165, 1.54) is 6.42 Å². The Bertz CT molecular complexity index is 765. The van der Waals surface area contributed by atoms with Gasteiger partial charge in [-0.15, -0.1) is 11.3 Å². The number of benzene rings is 1. The zero-order chi connectivity index (χ0) is 17.9. The lowest BCUT2D eigenvalue weighted by molar-refractivity contribution is 0.0691. The van der Waals surface area contributed by atoms with Crippen molar-refractivity contribution in [2.45, 2.75) is 32.4 Å². The first-order valence-corrected chi connectivity index (χ1v) is 9.94. The van der Waals surface area contributed by atoms with Crippen molar-refractivity contribution in [2.24, 2.45) is 0 Å². The van der Waals surface area contributed by atoms with Crippen LogP contribution in [0, 0.1) is 0 Å². The highest BCUT2D eigenvalue weighted by Gasteiger charge is 2.28. The van der Waals surface area contributed by atoms with E-state index in [4.69, 9.17) is 9.47 Å². The standard InChI is InChI=1S/C19H23N3O3S/c1-2-21-8-3-4-15(21)11-22(12-18-20-7-9-26-18)19(23)14-5-6-16-17(10-14)25-13-24-16/h5-7,9-10,15H,2-4,8,11-13H2,1H3/t15-/m0/s1. The summed E-state index contributed by atoms with van der Waals surface area (Å²) in [5, 5.41) is 2.91. The van der Waals surface area contributed by atoms with Crippen molar-refractivity contribution >= 4 is 17.2 Å². The number of fused-ring (bicyclic) bond motifs is 1. The average molecular weight is 373 g/mol. The lowest BCUT2D eigenvalue weighted by Gasteiger charge is -2.30. The molecule has 0 saturated carbocycles. The molecule has 1 atom stereocenters. The van der Waals surface area contributed by atoms with E-state index in [0.29, 0.717) is 29.6 Å². The molecule has 138 valence electrons. The molecule has 0 radical (unpaired) electrons. The number of carbonyl (C=O) groups excluding carboxylic acids is 1. The smallest absolute Gasteiger partial charge is 0.254 e. The molecule has 26 heavy (non-hydrogen) atoms. The van der Waals surface area contributed by atoms with E-state index < -0.39 is 0 Å². The van der Waals surface area contributed by atoms with Crippen LogP contribution in [0.4, 0.5) is 0 Å². The van der Waals surface area contributed by atoms with Gasteiger partial charge in [0.25, 0.3) is 5.91 Å². The maximum atomic E-state index is 13.2. The molecule has 1 saturated heterocycles. The van der Waals surface area contributed by atoms with Crippen molar-refractivity contribution in [3.05, 3.63) is 40.3 Å². The second-order valence-corrected chi connectivity index (χ2v) is 7.58. The van der Waals surface area contributed by atoms with Crippen molar-refractivity contribution in [3.63, 3.8) is 0 Å². The van der Waals surface area contributed by atoms with E-state index >= 15 is 0 Å². The van der Waals surface area contributed by atoms with Crippen LogP contribution >= 0.6 is 11.3 Å². The van der Waals surface area contributed by atoms with Crippen LogP contribution in [-0.4, -0.2) is 53.2 Å². The van der Waals surface area contributed by atoms with Gasteiger partial charge in [0.1, 0.15) is 5.01 Å². The van der Waals surface area contributed by atoms with Crippen LogP contribution in [0.2, 0.25) is 0 Å². The molecule has 7 heteroatoms. The number of likely N-dealkylation sites (tertiary alicyclic amines) is 1. The Hall–Kier alpha value is -2.12. The number of nitrogens with zero attached hydrogens (tertiary/aromatic N) is 3. The molecule has 4 rings (SSSR count). The normalized spacial score (nSPS) is 19.0. The number of hydrogen-bond acceptors (Lipinski definition) is 6. The summed E-state index contributed by atoms with van der Waals surface area (Å²) in [4.78, 5) is 22.0. The number of rotatable bonds is 6. The van der Waals surface area contributed by atoms with Gasteiger partial charge in [0.2, 0.25) is 6.79 Å². The number of carbonyl (C=O) groups is 1. The number of aromatic nitrogens is 1. The van der Waals surface area contributed by atoms with E-state index in [9.17, 15) is 4.79 Å². The summed E-state index contributed by atoms with van der Waals surface area (Å²) < 4.78 is 10.8. The van der Waals surface area contributed by atoms with E-state index in [-0.39, 0.29) is 12.7 Å². The number of hydrogen-bond donors (Lipinski definition) is 0. The second-order valence-electron chi connectivity index (χ2n) is 6.60. The largest absolute Gasteiger partial charge is 0.454 e. The van der Waals surface area contributed by atoms with Gasteiger partial charge in [-0.3, -0.25) is 9.69 Å². The molecule has 3 heterocycles. The van der Waals surface area contributed by atoms with Crippen LogP contribution in [0.1, 0.15) is 35.1 Å². The molecule has 6 nitrogen and oxygen atoms in total. The average Bonchev–Trinajstić information content (AvgIpc) is 3.41. The zero-order valence-corrected chi connectivity index (χ0v) is 15.7. The number of likely N-dealkylation sites (N-methyl/N-ethyl adjacent to an activating group) is 1. The fourth-order valence-corrected chi connectivity index (χ4v) is 4.33. The van der Waals surface area contributed by atoms with Crippen LogP contribution in [0.15, 0.2) is 29.8 Å². The van der Waals surface area contributed by atoms with Crippen molar-refractivity contribution in [3.8, 4) is 11.5 Å². The molecule has 1 fully saturated rings. The van der Waals surface area contributed by atoms with Gasteiger partial charge in [0.05, 0.1) is 6.54 Å². The van der Waals surface area contributed by atoms with E-state index in [2.05, 4.69) is 16.8 Å². The second kappa shape index (κ2) is 7.63. The van der Waals surface area contributed by atoms with Gasteiger partial charge in [0.15, 0.2) is 11.5 Å². The van der Waals surface area contributed by atoms with Crippen LogP contribution in [-0.2, 0) is 6.54 Å². The number of thiazole rings is 1. The van der Waals surface area contributed by atoms with Crippen LogP contribution < -0.4 is 9.47 Å². The fourth-order valence-electron chi connectivity index (χ4n) is 3.70. The van der Waals surface area contributed by atoms with Gasteiger partial charge >= 0.3 is 0 Å². The Kier molecular flexibility index (Phi) is 5.08. The van der Waals surface area contributed by atoms with Gasteiger partial charge in [-0.25, -0.2) is 4.98 Å². The molecular weight excluding hydrogens is 350 g/mol. The first-order chi connectivity index (χ1) is 12.7. The molecule has 2 aliphatic heterocycles. The highest BCUT2D eigenvalue weighted by molar-refractivity contribution is 7.09. The Morgan fingerprint density at radius 1 is 1.38 bits per heavy atom. The topological polar surface area (TPSA) is 54.9 Å². The molecule has 0 bridgehead atoms. The highest BCUT2D eigenvalue weighted by atomic mass is 32.1. The Morgan fingerprint density at radius 3 is 3.08 bits per heavy atom. The van der Waals surface area contributed by atoms with Crippen LogP contribution in [0.25, 0.3) is 0 Å². The fraction of sp³-hybridized carbons (Fsp3) is 0.474. The van der Waals surface area contributed by atoms with Gasteiger partial charge in [-0.05, 0) is 44.1 Å². The molecule has 2 aromatic rings. The summed E-state index contributed by atoms with van der Waals surface area (Å²) in [6.07, 6.45) is 4.12. The molecule has 0 aliphatic carbocycles. The monoisotopic (exact) mass is 373 g/mol. The summed E-state index contributed by atoms with van der Waals surface area (Å²) in [6.45, 7) is 5.80. The van der Waals surface area contributed by atoms with Crippen molar-refractivity contribution in [1.82, 2.24) is 14.8 Å². The minimum absolute atomic E-state index is 0.0152. The third-order valence-electron chi connectivity index (χ3n) is 5.05. The minimum atomic E-state index is 0.0152. The lowest BCUT2D eigenvalue weighted by Crippen LogP contribution is -2.42. The Morgan fingerprint density at radius 2 is 2.27 bits per heavy atom. The van der Waals surface area contributed by atoms with E-state index in [1.54, 1.807) is 23.6 Å². The van der Waals surface area contributed by atoms with Crippen molar-refractivity contribution < 1.29 is 14.3 Å². The zero-order valence-electron chi connectivity index (χ0n) is 14.9. The summed E-state index contributed by atoms with van der Waals surface area (Å²) >= 11 is 1.59. The molecule has 2 aliphatic rings. The summed E-state index contributed by atoms with van der Waals surface area (Å²) in [7, 11) is 0. The first kappa shape index (κ1) is 17.3. The summed E-state index contributed by atoms with van der Waals surface area (Å²) in [6, 6.07) is 5.83. The quantitative estimate of drug-likeness (QED) is 0.779. The molecule has 0 unspecified atom stereocenters. The maximum absolute atomic E-state index is 13.2. The number of amides is 1.